The number of methoxy groups -OCH3 is 1. The van der Waals surface area contributed by atoms with Crippen LogP contribution >= 0.6 is 0 Å². The van der Waals surface area contributed by atoms with E-state index < -0.39 is 0 Å². The molecular formula is C25H30N2O3. The summed E-state index contributed by atoms with van der Waals surface area (Å²) in [6.45, 7) is 1.33. The Labute approximate surface area is 178 Å². The van der Waals surface area contributed by atoms with E-state index in [0.717, 1.165) is 48.3 Å². The van der Waals surface area contributed by atoms with Crippen LogP contribution in [0.2, 0.25) is 0 Å². The first-order valence-electron chi connectivity index (χ1n) is 10.3. The maximum absolute atomic E-state index is 5.88. The van der Waals surface area contributed by atoms with Crippen LogP contribution in [-0.4, -0.2) is 20.3 Å². The summed E-state index contributed by atoms with van der Waals surface area (Å²) in [6, 6.07) is 21.7. The van der Waals surface area contributed by atoms with Crippen LogP contribution in [-0.2, 0) is 0 Å². The van der Waals surface area contributed by atoms with Crippen molar-refractivity contribution in [1.29, 1.82) is 0 Å². The third-order valence-electron chi connectivity index (χ3n) is 4.91. The first-order valence-corrected chi connectivity index (χ1v) is 10.3. The fraction of sp³-hybridized carbons (Fsp3) is 0.280. The van der Waals surface area contributed by atoms with E-state index in [2.05, 4.69) is 24.3 Å². The molecule has 4 N–H and O–H groups in total. The topological polar surface area (TPSA) is 79.7 Å². The molecular weight excluding hydrogens is 376 g/mol. The van der Waals surface area contributed by atoms with Gasteiger partial charge in [-0.15, -0.1) is 0 Å². The molecule has 3 aromatic rings. The molecule has 0 amide bonds. The second-order valence-electron chi connectivity index (χ2n) is 7.13. The standard InChI is InChI=1S/C25H30N2O3/c1-28-21-13-9-19(10-14-21)20-11-15-22(16-12-20)29-17-4-2-3-5-18-30-25-23(26)7-6-8-24(25)27/h6-16H,2-5,17-18,26-27H2,1H3. The van der Waals surface area contributed by atoms with Gasteiger partial charge in [-0.1, -0.05) is 30.3 Å². The van der Waals surface area contributed by atoms with Gasteiger partial charge in [0.2, 0.25) is 0 Å². The Kier molecular flexibility index (Phi) is 7.84. The van der Waals surface area contributed by atoms with Gasteiger partial charge in [0.25, 0.3) is 0 Å². The summed E-state index contributed by atoms with van der Waals surface area (Å²) in [4.78, 5) is 0. The summed E-state index contributed by atoms with van der Waals surface area (Å²) < 4.78 is 16.8. The average Bonchev–Trinajstić information content (AvgIpc) is 2.78. The van der Waals surface area contributed by atoms with Crippen LogP contribution in [0.3, 0.4) is 0 Å². The van der Waals surface area contributed by atoms with E-state index >= 15 is 0 Å². The largest absolute Gasteiger partial charge is 0.497 e. The van der Waals surface area contributed by atoms with E-state index in [-0.39, 0.29) is 0 Å². The molecule has 30 heavy (non-hydrogen) atoms. The van der Waals surface area contributed by atoms with Crippen LogP contribution in [0.5, 0.6) is 17.2 Å². The summed E-state index contributed by atoms with van der Waals surface area (Å²) in [5, 5.41) is 0. The van der Waals surface area contributed by atoms with Gasteiger partial charge in [-0.05, 0) is 73.2 Å². The van der Waals surface area contributed by atoms with Crippen molar-refractivity contribution in [1.82, 2.24) is 0 Å². The van der Waals surface area contributed by atoms with Crippen molar-refractivity contribution in [2.45, 2.75) is 25.7 Å². The van der Waals surface area contributed by atoms with Crippen molar-refractivity contribution in [2.75, 3.05) is 31.8 Å². The lowest BCUT2D eigenvalue weighted by molar-refractivity contribution is 0.289. The number of anilines is 2. The fourth-order valence-electron chi connectivity index (χ4n) is 3.19. The molecule has 0 aliphatic rings. The fourth-order valence-corrected chi connectivity index (χ4v) is 3.19. The van der Waals surface area contributed by atoms with Crippen molar-refractivity contribution in [3.05, 3.63) is 66.7 Å². The minimum Gasteiger partial charge on any atom is -0.497 e. The summed E-state index contributed by atoms with van der Waals surface area (Å²) in [5.41, 5.74) is 15.3. The van der Waals surface area contributed by atoms with E-state index in [1.807, 2.05) is 30.3 Å². The Morgan fingerprint density at radius 2 is 1.10 bits per heavy atom. The maximum Gasteiger partial charge on any atom is 0.165 e. The molecule has 0 aromatic heterocycles. The number of ether oxygens (including phenoxy) is 3. The summed E-state index contributed by atoms with van der Waals surface area (Å²) in [7, 11) is 1.67. The molecule has 158 valence electrons. The predicted octanol–water partition coefficient (Wildman–Crippen LogP) is 5.54. The summed E-state index contributed by atoms with van der Waals surface area (Å²) in [6.07, 6.45) is 4.14. The first kappa shape index (κ1) is 21.4. The van der Waals surface area contributed by atoms with E-state index in [1.165, 1.54) is 0 Å². The second-order valence-corrected chi connectivity index (χ2v) is 7.13. The molecule has 5 nitrogen and oxygen atoms in total. The molecule has 5 heteroatoms. The molecule has 0 fully saturated rings. The highest BCUT2D eigenvalue weighted by molar-refractivity contribution is 5.67. The molecule has 0 radical (unpaired) electrons. The highest BCUT2D eigenvalue weighted by atomic mass is 16.5. The molecule has 0 bridgehead atoms. The Morgan fingerprint density at radius 3 is 1.63 bits per heavy atom. The minimum absolute atomic E-state index is 0.585. The van der Waals surface area contributed by atoms with Crippen LogP contribution in [0.15, 0.2) is 66.7 Å². The summed E-state index contributed by atoms with van der Waals surface area (Å²) in [5.74, 6) is 2.35. The maximum atomic E-state index is 5.88. The van der Waals surface area contributed by atoms with Crippen molar-refractivity contribution in [3.8, 4) is 28.4 Å². The van der Waals surface area contributed by atoms with Gasteiger partial charge in [-0.2, -0.15) is 0 Å². The highest BCUT2D eigenvalue weighted by Gasteiger charge is 2.04. The third-order valence-corrected chi connectivity index (χ3v) is 4.91. The second kappa shape index (κ2) is 11.0. The summed E-state index contributed by atoms with van der Waals surface area (Å²) >= 11 is 0. The Hall–Kier alpha value is -3.34. The molecule has 3 rings (SSSR count). The SMILES string of the molecule is COc1ccc(-c2ccc(OCCCCCCOc3c(N)cccc3N)cc2)cc1. The average molecular weight is 407 g/mol. The van der Waals surface area contributed by atoms with Crippen LogP contribution in [0.25, 0.3) is 11.1 Å². The lowest BCUT2D eigenvalue weighted by Gasteiger charge is -2.11. The Balaban J connectivity index is 1.31. The minimum atomic E-state index is 0.585. The van der Waals surface area contributed by atoms with Crippen molar-refractivity contribution in [3.63, 3.8) is 0 Å². The number of hydrogen-bond acceptors (Lipinski definition) is 5. The molecule has 0 heterocycles. The van der Waals surface area contributed by atoms with E-state index in [9.17, 15) is 0 Å². The van der Waals surface area contributed by atoms with Gasteiger partial charge < -0.3 is 25.7 Å². The van der Waals surface area contributed by atoms with Gasteiger partial charge in [0.1, 0.15) is 11.5 Å². The molecule has 0 unspecified atom stereocenters. The zero-order valence-electron chi connectivity index (χ0n) is 17.5. The number of unbranched alkanes of at least 4 members (excludes halogenated alkanes) is 3. The van der Waals surface area contributed by atoms with Crippen LogP contribution in [0, 0.1) is 0 Å². The quantitative estimate of drug-likeness (QED) is 0.323. The monoisotopic (exact) mass is 406 g/mol. The smallest absolute Gasteiger partial charge is 0.165 e. The van der Waals surface area contributed by atoms with E-state index in [4.69, 9.17) is 25.7 Å². The van der Waals surface area contributed by atoms with Gasteiger partial charge in [0, 0.05) is 0 Å². The van der Waals surface area contributed by atoms with Crippen LogP contribution in [0.1, 0.15) is 25.7 Å². The molecule has 0 saturated carbocycles. The predicted molar refractivity (Wildman–Crippen MR) is 123 cm³/mol. The Morgan fingerprint density at radius 1 is 0.600 bits per heavy atom. The van der Waals surface area contributed by atoms with Crippen LogP contribution in [0.4, 0.5) is 11.4 Å². The zero-order chi connectivity index (χ0) is 21.2. The van der Waals surface area contributed by atoms with Gasteiger partial charge in [-0.25, -0.2) is 0 Å². The molecule has 0 atom stereocenters. The van der Waals surface area contributed by atoms with Gasteiger partial charge in [0.05, 0.1) is 31.7 Å². The van der Waals surface area contributed by atoms with Crippen molar-refractivity contribution in [2.24, 2.45) is 0 Å². The molecule has 0 saturated heterocycles. The van der Waals surface area contributed by atoms with Crippen molar-refractivity contribution >= 4 is 11.4 Å². The molecule has 0 aliphatic carbocycles. The molecule has 3 aromatic carbocycles. The van der Waals surface area contributed by atoms with E-state index in [0.29, 0.717) is 30.3 Å². The van der Waals surface area contributed by atoms with Crippen molar-refractivity contribution < 1.29 is 14.2 Å². The molecule has 0 spiro atoms. The first-order chi connectivity index (χ1) is 14.7. The molecule has 0 aliphatic heterocycles. The van der Waals surface area contributed by atoms with Crippen LogP contribution < -0.4 is 25.7 Å². The van der Waals surface area contributed by atoms with E-state index in [1.54, 1.807) is 19.2 Å². The lowest BCUT2D eigenvalue weighted by atomic mass is 10.1. The van der Waals surface area contributed by atoms with Gasteiger partial charge in [0.15, 0.2) is 5.75 Å². The number of benzene rings is 3. The van der Waals surface area contributed by atoms with Gasteiger partial charge >= 0.3 is 0 Å². The third kappa shape index (κ3) is 6.08. The normalized spacial score (nSPS) is 10.6. The number of hydrogen-bond donors (Lipinski definition) is 2. The Bertz CT molecular complexity index is 888. The number of rotatable bonds is 11. The van der Waals surface area contributed by atoms with Gasteiger partial charge in [-0.3, -0.25) is 0 Å². The number of nitrogens with two attached hydrogens (primary N) is 2. The highest BCUT2D eigenvalue weighted by Crippen LogP contribution is 2.28. The zero-order valence-corrected chi connectivity index (χ0v) is 17.5. The number of nitrogen functional groups attached to an aromatic ring is 2. The lowest BCUT2D eigenvalue weighted by Crippen LogP contribution is -2.03. The number of para-hydroxylation sites is 1.